The predicted octanol–water partition coefficient (Wildman–Crippen LogP) is 3.79. The number of hydrazone groups is 1. The molecule has 136 valence electrons. The molecule has 26 heavy (non-hydrogen) atoms. The summed E-state index contributed by atoms with van der Waals surface area (Å²) in [6.07, 6.45) is 1.01. The highest BCUT2D eigenvalue weighted by atomic mass is 35.5. The van der Waals surface area contributed by atoms with Crippen LogP contribution >= 0.6 is 23.2 Å². The van der Waals surface area contributed by atoms with Gasteiger partial charge in [-0.25, -0.2) is 5.43 Å². The van der Waals surface area contributed by atoms with Crippen LogP contribution in [0.3, 0.4) is 0 Å². The second kappa shape index (κ2) is 8.69. The summed E-state index contributed by atoms with van der Waals surface area (Å²) in [5, 5.41) is 16.6. The second-order valence-electron chi connectivity index (χ2n) is 5.62. The fraction of sp³-hybridized carbons (Fsp3) is 0.167. The number of phenols is 1. The summed E-state index contributed by atoms with van der Waals surface area (Å²) in [5.74, 6) is -0.898. The van der Waals surface area contributed by atoms with Crippen LogP contribution in [-0.4, -0.2) is 23.1 Å². The third-order valence-corrected chi connectivity index (χ3v) is 4.28. The number of benzene rings is 2. The fourth-order valence-corrected chi connectivity index (χ4v) is 2.57. The minimum atomic E-state index is -0.580. The van der Waals surface area contributed by atoms with Gasteiger partial charge < -0.3 is 10.4 Å². The number of hydrogen-bond donors (Lipinski definition) is 3. The minimum absolute atomic E-state index is 0.207. The van der Waals surface area contributed by atoms with Crippen molar-refractivity contribution >= 4 is 46.9 Å². The molecule has 0 atom stereocenters. The highest BCUT2D eigenvalue weighted by Crippen LogP contribution is 2.29. The number of hydrogen-bond acceptors (Lipinski definition) is 4. The average molecular weight is 394 g/mol. The van der Waals surface area contributed by atoms with Gasteiger partial charge in [-0.1, -0.05) is 29.3 Å². The summed E-state index contributed by atoms with van der Waals surface area (Å²) in [6.45, 7) is 3.53. The topological polar surface area (TPSA) is 90.8 Å². The number of carbonyl (C=O) groups excluding carboxylic acids is 2. The maximum Gasteiger partial charge on any atom is 0.249 e. The lowest BCUT2D eigenvalue weighted by atomic mass is 10.1. The second-order valence-corrected chi connectivity index (χ2v) is 6.41. The third kappa shape index (κ3) is 5.21. The lowest BCUT2D eigenvalue weighted by Crippen LogP contribution is -2.24. The smallest absolute Gasteiger partial charge is 0.249 e. The Bertz CT molecular complexity index is 859. The molecule has 0 bridgehead atoms. The summed E-state index contributed by atoms with van der Waals surface area (Å²) in [4.78, 5) is 23.7. The maximum absolute atomic E-state index is 11.9. The van der Waals surface area contributed by atoms with Crippen LogP contribution in [0.4, 0.5) is 5.69 Å². The summed E-state index contributed by atoms with van der Waals surface area (Å²) in [6, 6.07) is 8.26. The number of phenolic OH excluding ortho intramolecular Hbond substituents is 1. The summed E-state index contributed by atoms with van der Waals surface area (Å²) < 4.78 is 0. The van der Waals surface area contributed by atoms with Crippen LogP contribution in [0, 0.1) is 13.8 Å². The minimum Gasteiger partial charge on any atom is -0.507 e. The number of halogens is 2. The SMILES string of the molecule is Cc1cc(C=NNC(=O)CC(=O)Nc2cccc(Cl)c2Cl)cc(C)c1O. The van der Waals surface area contributed by atoms with Crippen molar-refractivity contribution in [1.82, 2.24) is 5.43 Å². The zero-order valence-electron chi connectivity index (χ0n) is 14.1. The number of amides is 2. The molecule has 2 aromatic carbocycles. The molecule has 0 fully saturated rings. The van der Waals surface area contributed by atoms with E-state index in [2.05, 4.69) is 15.8 Å². The van der Waals surface area contributed by atoms with Crippen molar-refractivity contribution in [2.45, 2.75) is 20.3 Å². The van der Waals surface area contributed by atoms with Crippen LogP contribution in [0.2, 0.25) is 10.0 Å². The first-order valence-electron chi connectivity index (χ1n) is 7.64. The van der Waals surface area contributed by atoms with Gasteiger partial charge in [-0.2, -0.15) is 5.10 Å². The zero-order valence-corrected chi connectivity index (χ0v) is 15.6. The van der Waals surface area contributed by atoms with Crippen LogP contribution in [0.5, 0.6) is 5.75 Å². The molecular weight excluding hydrogens is 377 g/mol. The molecule has 2 aromatic rings. The predicted molar refractivity (Wildman–Crippen MR) is 103 cm³/mol. The van der Waals surface area contributed by atoms with Gasteiger partial charge in [-0.05, 0) is 54.8 Å². The molecule has 0 aliphatic heterocycles. The molecule has 0 unspecified atom stereocenters. The lowest BCUT2D eigenvalue weighted by Gasteiger charge is -2.07. The van der Waals surface area contributed by atoms with Crippen molar-refractivity contribution in [2.24, 2.45) is 5.10 Å². The monoisotopic (exact) mass is 393 g/mol. The first-order chi connectivity index (χ1) is 12.3. The van der Waals surface area contributed by atoms with E-state index in [-0.39, 0.29) is 10.8 Å². The average Bonchev–Trinajstić information content (AvgIpc) is 2.56. The molecule has 0 saturated carbocycles. The molecule has 2 amide bonds. The number of carbonyl (C=O) groups is 2. The third-order valence-electron chi connectivity index (χ3n) is 3.46. The molecule has 0 saturated heterocycles. The summed E-state index contributed by atoms with van der Waals surface area (Å²) in [7, 11) is 0. The maximum atomic E-state index is 11.9. The largest absolute Gasteiger partial charge is 0.507 e. The van der Waals surface area contributed by atoms with E-state index in [1.54, 1.807) is 44.2 Å². The normalized spacial score (nSPS) is 10.8. The molecule has 0 aliphatic rings. The summed E-state index contributed by atoms with van der Waals surface area (Å²) >= 11 is 11.8. The number of aryl methyl sites for hydroxylation is 2. The van der Waals surface area contributed by atoms with Crippen molar-refractivity contribution in [1.29, 1.82) is 0 Å². The van der Waals surface area contributed by atoms with Gasteiger partial charge in [0, 0.05) is 0 Å². The van der Waals surface area contributed by atoms with E-state index in [1.165, 1.54) is 6.21 Å². The van der Waals surface area contributed by atoms with E-state index in [1.807, 2.05) is 0 Å². The van der Waals surface area contributed by atoms with Gasteiger partial charge >= 0.3 is 0 Å². The van der Waals surface area contributed by atoms with Gasteiger partial charge in [-0.15, -0.1) is 0 Å². The van der Waals surface area contributed by atoms with Gasteiger partial charge in [0.15, 0.2) is 0 Å². The Labute approximate surface area is 160 Å². The van der Waals surface area contributed by atoms with Crippen molar-refractivity contribution in [2.75, 3.05) is 5.32 Å². The van der Waals surface area contributed by atoms with E-state index in [0.29, 0.717) is 27.4 Å². The van der Waals surface area contributed by atoms with Crippen molar-refractivity contribution in [3.63, 3.8) is 0 Å². The van der Waals surface area contributed by atoms with Crippen molar-refractivity contribution < 1.29 is 14.7 Å². The summed E-state index contributed by atoms with van der Waals surface area (Å²) in [5.41, 5.74) is 4.73. The van der Waals surface area contributed by atoms with Crippen LogP contribution in [0.25, 0.3) is 0 Å². The zero-order chi connectivity index (χ0) is 19.3. The quantitative estimate of drug-likeness (QED) is 0.409. The molecular formula is C18H17Cl2N3O3. The molecule has 0 heterocycles. The van der Waals surface area contributed by atoms with Gasteiger partial charge in [0.05, 0.1) is 21.9 Å². The molecule has 0 spiro atoms. The van der Waals surface area contributed by atoms with Crippen molar-refractivity contribution in [3.05, 3.63) is 57.1 Å². The Morgan fingerprint density at radius 1 is 1.15 bits per heavy atom. The molecule has 0 aliphatic carbocycles. The molecule has 0 aromatic heterocycles. The fourth-order valence-electron chi connectivity index (χ4n) is 2.22. The van der Waals surface area contributed by atoms with Crippen molar-refractivity contribution in [3.8, 4) is 5.75 Å². The van der Waals surface area contributed by atoms with Gasteiger partial charge in [0.25, 0.3) is 0 Å². The Kier molecular flexibility index (Phi) is 6.60. The first-order valence-corrected chi connectivity index (χ1v) is 8.39. The van der Waals surface area contributed by atoms with Crippen LogP contribution in [0.1, 0.15) is 23.1 Å². The van der Waals surface area contributed by atoms with Crippen LogP contribution in [0.15, 0.2) is 35.4 Å². The molecule has 6 nitrogen and oxygen atoms in total. The number of nitrogens with one attached hydrogen (secondary N) is 2. The number of aromatic hydroxyl groups is 1. The van der Waals surface area contributed by atoms with E-state index < -0.39 is 18.2 Å². The van der Waals surface area contributed by atoms with E-state index >= 15 is 0 Å². The first kappa shape index (κ1) is 19.8. The standard InChI is InChI=1S/C18H17Cl2N3O3/c1-10-6-12(7-11(2)18(10)26)9-21-23-16(25)8-15(24)22-14-5-3-4-13(19)17(14)20/h3-7,9,26H,8H2,1-2H3,(H,22,24)(H,23,25). The van der Waals surface area contributed by atoms with E-state index in [9.17, 15) is 14.7 Å². The van der Waals surface area contributed by atoms with Crippen LogP contribution < -0.4 is 10.7 Å². The Balaban J connectivity index is 1.90. The van der Waals surface area contributed by atoms with Gasteiger partial charge in [0.1, 0.15) is 12.2 Å². The van der Waals surface area contributed by atoms with Gasteiger partial charge in [-0.3, -0.25) is 9.59 Å². The molecule has 3 N–H and O–H groups in total. The Morgan fingerprint density at radius 2 is 1.81 bits per heavy atom. The molecule has 8 heteroatoms. The Hall–Kier alpha value is -2.57. The highest BCUT2D eigenvalue weighted by Gasteiger charge is 2.12. The molecule has 2 rings (SSSR count). The number of anilines is 1. The number of nitrogens with zero attached hydrogens (tertiary/aromatic N) is 1. The van der Waals surface area contributed by atoms with E-state index in [4.69, 9.17) is 23.2 Å². The highest BCUT2D eigenvalue weighted by molar-refractivity contribution is 6.44. The Morgan fingerprint density at radius 3 is 2.46 bits per heavy atom. The lowest BCUT2D eigenvalue weighted by molar-refractivity contribution is -0.126. The van der Waals surface area contributed by atoms with E-state index in [0.717, 1.165) is 0 Å². The van der Waals surface area contributed by atoms with Gasteiger partial charge in [0.2, 0.25) is 11.8 Å². The molecule has 0 radical (unpaired) electrons. The number of rotatable bonds is 5. The van der Waals surface area contributed by atoms with Crippen LogP contribution in [-0.2, 0) is 9.59 Å².